The molecule has 0 spiro atoms. The zero-order valence-electron chi connectivity index (χ0n) is 15.5. The number of carbonyl (C=O) groups excluding carboxylic acids is 2. The second-order valence-corrected chi connectivity index (χ2v) is 5.90. The van der Waals surface area contributed by atoms with E-state index in [1.54, 1.807) is 7.11 Å². The van der Waals surface area contributed by atoms with Crippen molar-refractivity contribution in [3.05, 3.63) is 29.8 Å². The second kappa shape index (κ2) is 12.3. The van der Waals surface area contributed by atoms with Gasteiger partial charge in [-0.05, 0) is 30.5 Å². The fourth-order valence-electron chi connectivity index (χ4n) is 2.34. The van der Waals surface area contributed by atoms with Gasteiger partial charge in [0.15, 0.2) is 0 Å². The molecular weight excluding hydrogens is 320 g/mol. The molecule has 1 aromatic carbocycles. The van der Waals surface area contributed by atoms with E-state index in [0.717, 1.165) is 37.2 Å². The standard InChI is InChI=1S/C19H30N2O4/c1-4-5-12-25-13-6-11-20-19(23)14-18(21-15(2)22)16-7-9-17(24-3)10-8-16/h7-10,18H,4-6,11-14H2,1-3H3,(H,20,23)(H,21,22). The number of unbranched alkanes of at least 4 members (excludes halogenated alkanes) is 1. The maximum Gasteiger partial charge on any atom is 0.222 e. The first kappa shape index (κ1) is 21.0. The molecular formula is C19H30N2O4. The molecule has 0 heterocycles. The molecule has 0 aliphatic carbocycles. The van der Waals surface area contributed by atoms with Crippen LogP contribution in [0.2, 0.25) is 0 Å². The van der Waals surface area contributed by atoms with Crippen LogP contribution < -0.4 is 15.4 Å². The van der Waals surface area contributed by atoms with E-state index in [1.165, 1.54) is 6.92 Å². The smallest absolute Gasteiger partial charge is 0.222 e. The van der Waals surface area contributed by atoms with Crippen molar-refractivity contribution in [3.8, 4) is 5.75 Å². The summed E-state index contributed by atoms with van der Waals surface area (Å²) in [5, 5.41) is 5.70. The van der Waals surface area contributed by atoms with Crippen molar-refractivity contribution in [1.82, 2.24) is 10.6 Å². The SMILES string of the molecule is CCCCOCCCNC(=O)CC(NC(C)=O)c1ccc(OC)cc1. The van der Waals surface area contributed by atoms with E-state index in [-0.39, 0.29) is 24.3 Å². The van der Waals surface area contributed by atoms with E-state index in [4.69, 9.17) is 9.47 Å². The third kappa shape index (κ3) is 9.10. The number of hydrogen-bond acceptors (Lipinski definition) is 4. The minimum absolute atomic E-state index is 0.0943. The maximum absolute atomic E-state index is 12.1. The average molecular weight is 350 g/mol. The Morgan fingerprint density at radius 1 is 1.12 bits per heavy atom. The van der Waals surface area contributed by atoms with E-state index in [0.29, 0.717) is 13.2 Å². The number of nitrogens with one attached hydrogen (secondary N) is 2. The van der Waals surface area contributed by atoms with E-state index in [9.17, 15) is 9.59 Å². The molecule has 0 fully saturated rings. The molecule has 0 aliphatic rings. The van der Waals surface area contributed by atoms with E-state index < -0.39 is 0 Å². The maximum atomic E-state index is 12.1. The van der Waals surface area contributed by atoms with Crippen LogP contribution in [0.3, 0.4) is 0 Å². The predicted molar refractivity (Wildman–Crippen MR) is 97.5 cm³/mol. The highest BCUT2D eigenvalue weighted by Crippen LogP contribution is 2.20. The Kier molecular flexibility index (Phi) is 10.3. The monoisotopic (exact) mass is 350 g/mol. The summed E-state index contributed by atoms with van der Waals surface area (Å²) in [4.78, 5) is 23.6. The fourth-order valence-corrected chi connectivity index (χ4v) is 2.34. The van der Waals surface area contributed by atoms with Crippen LogP contribution in [0.25, 0.3) is 0 Å². The summed E-state index contributed by atoms with van der Waals surface area (Å²) in [6, 6.07) is 6.98. The van der Waals surface area contributed by atoms with Gasteiger partial charge >= 0.3 is 0 Å². The molecule has 6 nitrogen and oxygen atoms in total. The number of benzene rings is 1. The lowest BCUT2D eigenvalue weighted by Crippen LogP contribution is -2.33. The first-order valence-corrected chi connectivity index (χ1v) is 8.82. The number of methoxy groups -OCH3 is 1. The summed E-state index contributed by atoms with van der Waals surface area (Å²) < 4.78 is 10.6. The van der Waals surface area contributed by atoms with Crippen LogP contribution in [0, 0.1) is 0 Å². The Morgan fingerprint density at radius 2 is 1.80 bits per heavy atom. The van der Waals surface area contributed by atoms with Crippen molar-refractivity contribution in [2.75, 3.05) is 26.9 Å². The minimum Gasteiger partial charge on any atom is -0.497 e. The molecule has 1 aromatic rings. The van der Waals surface area contributed by atoms with Gasteiger partial charge in [0.1, 0.15) is 5.75 Å². The Morgan fingerprint density at radius 3 is 2.40 bits per heavy atom. The van der Waals surface area contributed by atoms with Gasteiger partial charge in [0.05, 0.1) is 19.6 Å². The van der Waals surface area contributed by atoms with Gasteiger partial charge in [-0.3, -0.25) is 9.59 Å². The van der Waals surface area contributed by atoms with Gasteiger partial charge in [0, 0.05) is 26.7 Å². The van der Waals surface area contributed by atoms with Crippen molar-refractivity contribution in [3.63, 3.8) is 0 Å². The minimum atomic E-state index is -0.357. The molecule has 1 rings (SSSR count). The summed E-state index contributed by atoms with van der Waals surface area (Å²) in [6.45, 7) is 5.56. The molecule has 0 bridgehead atoms. The summed E-state index contributed by atoms with van der Waals surface area (Å²) in [6.07, 6.45) is 3.16. The topological polar surface area (TPSA) is 76.7 Å². The summed E-state index contributed by atoms with van der Waals surface area (Å²) in [5.41, 5.74) is 0.869. The van der Waals surface area contributed by atoms with Crippen LogP contribution in [0.4, 0.5) is 0 Å². The molecule has 0 aromatic heterocycles. The number of ether oxygens (including phenoxy) is 2. The summed E-state index contributed by atoms with van der Waals surface area (Å²) in [7, 11) is 1.60. The zero-order valence-corrected chi connectivity index (χ0v) is 15.5. The number of carbonyl (C=O) groups is 2. The molecule has 0 aliphatic heterocycles. The molecule has 0 radical (unpaired) electrons. The average Bonchev–Trinajstić information content (AvgIpc) is 2.60. The lowest BCUT2D eigenvalue weighted by atomic mass is 10.0. The summed E-state index contributed by atoms with van der Waals surface area (Å²) in [5.74, 6) is 0.471. The normalized spacial score (nSPS) is 11.6. The second-order valence-electron chi connectivity index (χ2n) is 5.90. The van der Waals surface area contributed by atoms with Gasteiger partial charge in [-0.1, -0.05) is 25.5 Å². The van der Waals surface area contributed by atoms with Gasteiger partial charge in [-0.2, -0.15) is 0 Å². The first-order valence-electron chi connectivity index (χ1n) is 8.82. The number of amides is 2. The number of hydrogen-bond donors (Lipinski definition) is 2. The van der Waals surface area contributed by atoms with Crippen LogP contribution in [0.1, 0.15) is 51.1 Å². The van der Waals surface area contributed by atoms with E-state index in [2.05, 4.69) is 17.6 Å². The molecule has 1 unspecified atom stereocenters. The lowest BCUT2D eigenvalue weighted by Gasteiger charge is -2.18. The largest absolute Gasteiger partial charge is 0.497 e. The highest BCUT2D eigenvalue weighted by atomic mass is 16.5. The predicted octanol–water partition coefficient (Wildman–Crippen LogP) is 2.59. The third-order valence-electron chi connectivity index (χ3n) is 3.72. The van der Waals surface area contributed by atoms with Gasteiger partial charge in [0.2, 0.25) is 11.8 Å². The van der Waals surface area contributed by atoms with E-state index >= 15 is 0 Å². The Bertz CT molecular complexity index is 517. The van der Waals surface area contributed by atoms with Crippen LogP contribution in [-0.4, -0.2) is 38.7 Å². The summed E-state index contributed by atoms with van der Waals surface area (Å²) >= 11 is 0. The Hall–Kier alpha value is -2.08. The fraction of sp³-hybridized carbons (Fsp3) is 0.579. The van der Waals surface area contributed by atoms with Crippen molar-refractivity contribution < 1.29 is 19.1 Å². The molecule has 1 atom stereocenters. The van der Waals surface area contributed by atoms with Gasteiger partial charge in [-0.15, -0.1) is 0 Å². The molecule has 6 heteroatoms. The number of rotatable bonds is 12. The first-order chi connectivity index (χ1) is 12.1. The van der Waals surface area contributed by atoms with Crippen LogP contribution in [0.15, 0.2) is 24.3 Å². The zero-order chi connectivity index (χ0) is 18.5. The van der Waals surface area contributed by atoms with Gasteiger partial charge in [-0.25, -0.2) is 0 Å². The van der Waals surface area contributed by atoms with Crippen molar-refractivity contribution >= 4 is 11.8 Å². The lowest BCUT2D eigenvalue weighted by molar-refractivity contribution is -0.122. The third-order valence-corrected chi connectivity index (χ3v) is 3.72. The van der Waals surface area contributed by atoms with Crippen LogP contribution in [-0.2, 0) is 14.3 Å². The van der Waals surface area contributed by atoms with E-state index in [1.807, 2.05) is 24.3 Å². The van der Waals surface area contributed by atoms with Crippen LogP contribution >= 0.6 is 0 Å². The van der Waals surface area contributed by atoms with Crippen LogP contribution in [0.5, 0.6) is 5.75 Å². The van der Waals surface area contributed by atoms with Crippen molar-refractivity contribution in [2.24, 2.45) is 0 Å². The van der Waals surface area contributed by atoms with Gasteiger partial charge in [0.25, 0.3) is 0 Å². The highest BCUT2D eigenvalue weighted by molar-refractivity contribution is 5.79. The molecule has 2 N–H and O–H groups in total. The van der Waals surface area contributed by atoms with Gasteiger partial charge < -0.3 is 20.1 Å². The molecule has 140 valence electrons. The molecule has 0 saturated carbocycles. The Labute approximate surface area is 150 Å². The molecule has 25 heavy (non-hydrogen) atoms. The molecule has 2 amide bonds. The van der Waals surface area contributed by atoms with Crippen molar-refractivity contribution in [2.45, 2.75) is 45.6 Å². The highest BCUT2D eigenvalue weighted by Gasteiger charge is 2.17. The van der Waals surface area contributed by atoms with Crippen molar-refractivity contribution in [1.29, 1.82) is 0 Å². The quantitative estimate of drug-likeness (QED) is 0.568. The Balaban J connectivity index is 2.43. The molecule has 0 saturated heterocycles.